The highest BCUT2D eigenvalue weighted by molar-refractivity contribution is 7.87. The topological polar surface area (TPSA) is 43.4 Å². The third kappa shape index (κ3) is 4.19. The summed E-state index contributed by atoms with van der Waals surface area (Å²) in [5, 5.41) is 0. The smallest absolute Gasteiger partial charge is 0.381 e. The van der Waals surface area contributed by atoms with Crippen molar-refractivity contribution in [3.05, 3.63) is 12.3 Å². The Balaban J connectivity index is 4.32. The van der Waals surface area contributed by atoms with Gasteiger partial charge in [-0.1, -0.05) is 6.58 Å². The van der Waals surface area contributed by atoms with Crippen molar-refractivity contribution in [2.24, 2.45) is 0 Å². The van der Waals surface area contributed by atoms with Crippen LogP contribution in [-0.4, -0.2) is 19.8 Å². The SMILES string of the molecule is C=C(CCCCl)OS(=O)(=O)C(F)(F)F. The first kappa shape index (κ1) is 13.6. The van der Waals surface area contributed by atoms with Gasteiger partial charge in [-0.15, -0.1) is 11.6 Å². The summed E-state index contributed by atoms with van der Waals surface area (Å²) in [6, 6.07) is 0. The summed E-state index contributed by atoms with van der Waals surface area (Å²) in [5.74, 6) is -0.281. The first-order valence-electron chi connectivity index (χ1n) is 3.45. The van der Waals surface area contributed by atoms with Crippen LogP contribution in [0.3, 0.4) is 0 Å². The van der Waals surface area contributed by atoms with E-state index in [1.807, 2.05) is 0 Å². The maximum absolute atomic E-state index is 11.7. The van der Waals surface area contributed by atoms with Crippen LogP contribution in [0, 0.1) is 0 Å². The number of rotatable bonds is 5. The van der Waals surface area contributed by atoms with E-state index in [1.165, 1.54) is 0 Å². The van der Waals surface area contributed by atoms with Gasteiger partial charge in [0.25, 0.3) is 0 Å². The summed E-state index contributed by atoms with van der Waals surface area (Å²) in [4.78, 5) is 0. The normalized spacial score (nSPS) is 12.6. The molecule has 0 aromatic rings. The Labute approximate surface area is 84.6 Å². The molecule has 0 N–H and O–H groups in total. The van der Waals surface area contributed by atoms with Crippen molar-refractivity contribution in [2.45, 2.75) is 18.3 Å². The fourth-order valence-corrected chi connectivity index (χ4v) is 1.13. The summed E-state index contributed by atoms with van der Waals surface area (Å²) in [6.07, 6.45) is 0.270. The van der Waals surface area contributed by atoms with Gasteiger partial charge in [0.2, 0.25) is 0 Å². The van der Waals surface area contributed by atoms with E-state index in [1.54, 1.807) is 0 Å². The van der Waals surface area contributed by atoms with Crippen LogP contribution in [0.15, 0.2) is 12.3 Å². The van der Waals surface area contributed by atoms with E-state index in [-0.39, 0.29) is 12.3 Å². The molecule has 0 aliphatic heterocycles. The lowest BCUT2D eigenvalue weighted by Gasteiger charge is -2.10. The van der Waals surface area contributed by atoms with Crippen LogP contribution in [0.2, 0.25) is 0 Å². The average molecular weight is 253 g/mol. The van der Waals surface area contributed by atoms with E-state index < -0.39 is 21.4 Å². The highest BCUT2D eigenvalue weighted by atomic mass is 35.5. The summed E-state index contributed by atoms with van der Waals surface area (Å²) in [5.41, 5.74) is -5.42. The second kappa shape index (κ2) is 4.88. The molecule has 14 heavy (non-hydrogen) atoms. The fourth-order valence-electron chi connectivity index (χ4n) is 0.508. The highest BCUT2D eigenvalue weighted by Gasteiger charge is 2.48. The van der Waals surface area contributed by atoms with E-state index >= 15 is 0 Å². The zero-order chi connectivity index (χ0) is 11.4. The van der Waals surface area contributed by atoms with Crippen molar-refractivity contribution < 1.29 is 25.8 Å². The van der Waals surface area contributed by atoms with Crippen LogP contribution < -0.4 is 0 Å². The molecule has 0 rings (SSSR count). The van der Waals surface area contributed by atoms with Crippen LogP contribution in [0.4, 0.5) is 13.2 Å². The van der Waals surface area contributed by atoms with Crippen molar-refractivity contribution in [1.82, 2.24) is 0 Å². The number of hydrogen-bond acceptors (Lipinski definition) is 3. The van der Waals surface area contributed by atoms with E-state index in [9.17, 15) is 21.6 Å². The standard InChI is InChI=1S/C6H8ClF3O3S/c1-5(3-2-4-7)13-14(11,12)6(8,9)10/h1-4H2. The molecule has 0 heterocycles. The van der Waals surface area contributed by atoms with Crippen LogP contribution >= 0.6 is 11.6 Å². The van der Waals surface area contributed by atoms with Crippen molar-refractivity contribution in [3.8, 4) is 0 Å². The predicted octanol–water partition coefficient (Wildman–Crippen LogP) is 2.39. The molecule has 0 atom stereocenters. The molecule has 0 aliphatic rings. The van der Waals surface area contributed by atoms with Gasteiger partial charge in [0.05, 0.1) is 0 Å². The van der Waals surface area contributed by atoms with Gasteiger partial charge in [-0.3, -0.25) is 0 Å². The Kier molecular flexibility index (Phi) is 4.73. The molecule has 0 aromatic carbocycles. The van der Waals surface area contributed by atoms with Crippen LogP contribution in [-0.2, 0) is 14.3 Å². The minimum Gasteiger partial charge on any atom is -0.381 e. The van der Waals surface area contributed by atoms with Gasteiger partial charge in [-0.2, -0.15) is 21.6 Å². The van der Waals surface area contributed by atoms with Gasteiger partial charge in [-0.05, 0) is 6.42 Å². The maximum Gasteiger partial charge on any atom is 0.534 e. The molecule has 0 amide bonds. The monoisotopic (exact) mass is 252 g/mol. The highest BCUT2D eigenvalue weighted by Crippen LogP contribution is 2.27. The molecule has 0 saturated heterocycles. The largest absolute Gasteiger partial charge is 0.534 e. The summed E-state index contributed by atoms with van der Waals surface area (Å²) in [6.45, 7) is 3.03. The van der Waals surface area contributed by atoms with E-state index in [0.29, 0.717) is 6.42 Å². The van der Waals surface area contributed by atoms with Crippen molar-refractivity contribution in [1.29, 1.82) is 0 Å². The molecule has 8 heteroatoms. The minimum atomic E-state index is -5.57. The van der Waals surface area contributed by atoms with Gasteiger partial charge in [-0.25, -0.2) is 0 Å². The van der Waals surface area contributed by atoms with Crippen molar-refractivity contribution in [3.63, 3.8) is 0 Å². The number of alkyl halides is 4. The number of hydrogen-bond donors (Lipinski definition) is 0. The molecule has 0 bridgehead atoms. The van der Waals surface area contributed by atoms with Gasteiger partial charge in [0, 0.05) is 12.3 Å². The second-order valence-electron chi connectivity index (χ2n) is 2.31. The molecule has 0 saturated carbocycles. The fraction of sp³-hybridized carbons (Fsp3) is 0.667. The quantitative estimate of drug-likeness (QED) is 0.327. The first-order chi connectivity index (χ1) is 6.20. The summed E-state index contributed by atoms with van der Waals surface area (Å²) >= 11 is 5.24. The molecule has 0 unspecified atom stereocenters. The molecule has 0 aliphatic carbocycles. The van der Waals surface area contributed by atoms with Gasteiger partial charge in [0.15, 0.2) is 0 Å². The maximum atomic E-state index is 11.7. The molecule has 0 aromatic heterocycles. The molecule has 0 radical (unpaired) electrons. The minimum absolute atomic E-state index is 0.0290. The zero-order valence-electron chi connectivity index (χ0n) is 6.97. The Morgan fingerprint density at radius 1 is 1.43 bits per heavy atom. The summed E-state index contributed by atoms with van der Waals surface area (Å²) < 4.78 is 59.7. The van der Waals surface area contributed by atoms with Crippen LogP contribution in [0.5, 0.6) is 0 Å². The predicted molar refractivity (Wildman–Crippen MR) is 45.2 cm³/mol. The molecule has 3 nitrogen and oxygen atoms in total. The Morgan fingerprint density at radius 2 is 1.93 bits per heavy atom. The molecule has 0 fully saturated rings. The molecular formula is C6H8ClF3O3S. The average Bonchev–Trinajstić information content (AvgIpc) is 1.97. The van der Waals surface area contributed by atoms with E-state index in [2.05, 4.69) is 10.8 Å². The van der Waals surface area contributed by atoms with Crippen molar-refractivity contribution >= 4 is 21.7 Å². The molecule has 0 spiro atoms. The van der Waals surface area contributed by atoms with Gasteiger partial charge < -0.3 is 4.18 Å². The Hall–Kier alpha value is -0.430. The lowest BCUT2D eigenvalue weighted by atomic mass is 10.3. The zero-order valence-corrected chi connectivity index (χ0v) is 8.55. The first-order valence-corrected chi connectivity index (χ1v) is 5.39. The second-order valence-corrected chi connectivity index (χ2v) is 4.23. The lowest BCUT2D eigenvalue weighted by Crippen LogP contribution is -2.25. The number of allylic oxidation sites excluding steroid dienone is 1. The third-order valence-electron chi connectivity index (χ3n) is 1.10. The third-order valence-corrected chi connectivity index (χ3v) is 2.39. The van der Waals surface area contributed by atoms with E-state index in [4.69, 9.17) is 11.6 Å². The van der Waals surface area contributed by atoms with Gasteiger partial charge >= 0.3 is 15.6 Å². The Bertz CT molecular complexity index is 296. The van der Waals surface area contributed by atoms with Crippen molar-refractivity contribution in [2.75, 3.05) is 5.88 Å². The van der Waals surface area contributed by atoms with Gasteiger partial charge in [0.1, 0.15) is 5.76 Å². The van der Waals surface area contributed by atoms with Crippen LogP contribution in [0.1, 0.15) is 12.8 Å². The molecule has 84 valence electrons. The van der Waals surface area contributed by atoms with Crippen LogP contribution in [0.25, 0.3) is 0 Å². The number of halogens is 4. The summed E-state index contributed by atoms with van der Waals surface area (Å²) in [7, 11) is -5.57. The molecular weight excluding hydrogens is 245 g/mol. The van der Waals surface area contributed by atoms with E-state index in [0.717, 1.165) is 0 Å². The Morgan fingerprint density at radius 3 is 2.29 bits per heavy atom. The lowest BCUT2D eigenvalue weighted by molar-refractivity contribution is -0.0523.